The van der Waals surface area contributed by atoms with Gasteiger partial charge in [0.1, 0.15) is 4.88 Å². The van der Waals surface area contributed by atoms with Crippen LogP contribution < -0.4 is 0 Å². The standard InChI is InChI=1S/C11H9NO3S2/c1-6(13)10-9(11(14)15)12-8(17-10)5-7-3-2-4-16-7/h2-4H,5H2,1H3,(H,14,15). The number of hydrogen-bond acceptors (Lipinski definition) is 5. The van der Waals surface area contributed by atoms with Gasteiger partial charge in [0.15, 0.2) is 11.5 Å². The Kier molecular flexibility index (Phi) is 3.35. The Balaban J connectivity index is 2.34. The van der Waals surface area contributed by atoms with Gasteiger partial charge in [-0.05, 0) is 11.4 Å². The molecule has 2 aromatic heterocycles. The van der Waals surface area contributed by atoms with E-state index in [1.54, 1.807) is 11.3 Å². The van der Waals surface area contributed by atoms with Crippen LogP contribution in [0.3, 0.4) is 0 Å². The Hall–Kier alpha value is -1.53. The average molecular weight is 267 g/mol. The molecule has 0 aromatic carbocycles. The largest absolute Gasteiger partial charge is 0.476 e. The number of rotatable bonds is 4. The average Bonchev–Trinajstić information content (AvgIpc) is 2.86. The number of thiophene rings is 1. The molecular weight excluding hydrogens is 258 g/mol. The van der Waals surface area contributed by atoms with Crippen molar-refractivity contribution in [2.24, 2.45) is 0 Å². The first kappa shape index (κ1) is 11.9. The predicted molar refractivity (Wildman–Crippen MR) is 66.2 cm³/mol. The summed E-state index contributed by atoms with van der Waals surface area (Å²) >= 11 is 2.74. The maximum Gasteiger partial charge on any atom is 0.356 e. The molecule has 4 nitrogen and oxygen atoms in total. The Morgan fingerprint density at radius 2 is 2.24 bits per heavy atom. The highest BCUT2D eigenvalue weighted by Crippen LogP contribution is 2.23. The lowest BCUT2D eigenvalue weighted by Gasteiger charge is -1.89. The number of nitrogens with zero attached hydrogens (tertiary/aromatic N) is 1. The van der Waals surface area contributed by atoms with Crippen molar-refractivity contribution in [3.05, 3.63) is 38.0 Å². The summed E-state index contributed by atoms with van der Waals surface area (Å²) in [6.45, 7) is 1.36. The number of carboxylic acid groups (broad SMARTS) is 1. The highest BCUT2D eigenvalue weighted by Gasteiger charge is 2.20. The second-order valence-electron chi connectivity index (χ2n) is 3.40. The summed E-state index contributed by atoms with van der Waals surface area (Å²) < 4.78 is 0. The summed E-state index contributed by atoms with van der Waals surface area (Å²) in [5.74, 6) is -1.40. The van der Waals surface area contributed by atoms with Crippen LogP contribution in [0, 0.1) is 0 Å². The molecule has 0 atom stereocenters. The Morgan fingerprint density at radius 1 is 1.47 bits per heavy atom. The normalized spacial score (nSPS) is 10.4. The van der Waals surface area contributed by atoms with Gasteiger partial charge in [-0.2, -0.15) is 0 Å². The van der Waals surface area contributed by atoms with Gasteiger partial charge in [0.2, 0.25) is 0 Å². The Labute approximate surface area is 106 Å². The molecule has 6 heteroatoms. The van der Waals surface area contributed by atoms with E-state index in [9.17, 15) is 9.59 Å². The van der Waals surface area contributed by atoms with E-state index >= 15 is 0 Å². The topological polar surface area (TPSA) is 67.3 Å². The van der Waals surface area contributed by atoms with Gasteiger partial charge in [-0.25, -0.2) is 9.78 Å². The third kappa shape index (κ3) is 2.59. The number of Topliss-reactive ketones (excluding diaryl/α,β-unsaturated/α-hetero) is 1. The highest BCUT2D eigenvalue weighted by atomic mass is 32.1. The fraction of sp³-hybridized carbons (Fsp3) is 0.182. The molecule has 2 aromatic rings. The van der Waals surface area contributed by atoms with E-state index in [1.165, 1.54) is 6.92 Å². The van der Waals surface area contributed by atoms with E-state index in [0.29, 0.717) is 11.4 Å². The number of thiazole rings is 1. The molecule has 2 heterocycles. The van der Waals surface area contributed by atoms with Crippen LogP contribution in [0.4, 0.5) is 0 Å². The summed E-state index contributed by atoms with van der Waals surface area (Å²) in [4.78, 5) is 27.6. The molecule has 0 aliphatic rings. The molecule has 0 fully saturated rings. The zero-order valence-electron chi connectivity index (χ0n) is 8.97. The van der Waals surface area contributed by atoms with Crippen molar-refractivity contribution in [3.8, 4) is 0 Å². The summed E-state index contributed by atoms with van der Waals surface area (Å²) in [7, 11) is 0. The maximum absolute atomic E-state index is 11.3. The van der Waals surface area contributed by atoms with Crippen molar-refractivity contribution < 1.29 is 14.7 Å². The highest BCUT2D eigenvalue weighted by molar-refractivity contribution is 7.14. The SMILES string of the molecule is CC(=O)c1sc(Cc2cccs2)nc1C(=O)O. The Morgan fingerprint density at radius 3 is 2.71 bits per heavy atom. The molecule has 0 aliphatic carbocycles. The number of ketones is 1. The minimum absolute atomic E-state index is 0.131. The summed E-state index contributed by atoms with van der Waals surface area (Å²) in [6.07, 6.45) is 0.579. The van der Waals surface area contributed by atoms with E-state index in [1.807, 2.05) is 17.5 Å². The van der Waals surface area contributed by atoms with Gasteiger partial charge in [-0.15, -0.1) is 22.7 Å². The van der Waals surface area contributed by atoms with E-state index in [0.717, 1.165) is 16.2 Å². The van der Waals surface area contributed by atoms with Crippen LogP contribution >= 0.6 is 22.7 Å². The number of aromatic nitrogens is 1. The molecule has 17 heavy (non-hydrogen) atoms. The quantitative estimate of drug-likeness (QED) is 0.865. The third-order valence-corrected chi connectivity index (χ3v) is 4.13. The smallest absolute Gasteiger partial charge is 0.356 e. The molecule has 0 saturated heterocycles. The molecule has 0 spiro atoms. The van der Waals surface area contributed by atoms with Gasteiger partial charge < -0.3 is 5.11 Å². The molecular formula is C11H9NO3S2. The molecule has 2 rings (SSSR count). The van der Waals surface area contributed by atoms with Gasteiger partial charge in [-0.1, -0.05) is 6.07 Å². The molecule has 0 aliphatic heterocycles. The lowest BCUT2D eigenvalue weighted by atomic mass is 10.3. The van der Waals surface area contributed by atoms with E-state index in [-0.39, 0.29) is 16.4 Å². The molecule has 0 radical (unpaired) electrons. The second kappa shape index (κ2) is 4.77. The van der Waals surface area contributed by atoms with Crippen molar-refractivity contribution in [3.63, 3.8) is 0 Å². The van der Waals surface area contributed by atoms with Crippen LogP contribution in [-0.2, 0) is 6.42 Å². The van der Waals surface area contributed by atoms with Crippen LogP contribution in [-0.4, -0.2) is 21.8 Å². The summed E-state index contributed by atoms with van der Waals surface area (Å²) in [6, 6.07) is 3.89. The monoisotopic (exact) mass is 267 g/mol. The van der Waals surface area contributed by atoms with Crippen molar-refractivity contribution in [1.82, 2.24) is 4.98 Å². The molecule has 0 amide bonds. The zero-order chi connectivity index (χ0) is 12.4. The fourth-order valence-electron chi connectivity index (χ4n) is 1.39. The van der Waals surface area contributed by atoms with E-state index in [2.05, 4.69) is 4.98 Å². The number of aromatic carboxylic acids is 1. The maximum atomic E-state index is 11.3. The van der Waals surface area contributed by atoms with Gasteiger partial charge in [0.05, 0.1) is 5.01 Å². The van der Waals surface area contributed by atoms with Crippen molar-refractivity contribution in [2.75, 3.05) is 0 Å². The summed E-state index contributed by atoms with van der Waals surface area (Å²) in [5.41, 5.74) is -0.131. The first-order chi connectivity index (χ1) is 8.08. The van der Waals surface area contributed by atoms with Gasteiger partial charge in [0.25, 0.3) is 0 Å². The fourth-order valence-corrected chi connectivity index (χ4v) is 3.16. The van der Waals surface area contributed by atoms with Crippen molar-refractivity contribution >= 4 is 34.4 Å². The predicted octanol–water partition coefficient (Wildman–Crippen LogP) is 2.70. The minimum atomic E-state index is -1.15. The molecule has 1 N–H and O–H groups in total. The number of carbonyl (C=O) groups is 2. The second-order valence-corrected chi connectivity index (χ2v) is 5.52. The van der Waals surface area contributed by atoms with Crippen LogP contribution in [0.25, 0.3) is 0 Å². The van der Waals surface area contributed by atoms with Crippen LogP contribution in [0.5, 0.6) is 0 Å². The summed E-state index contributed by atoms with van der Waals surface area (Å²) in [5, 5.41) is 11.6. The first-order valence-corrected chi connectivity index (χ1v) is 6.54. The lowest BCUT2D eigenvalue weighted by Crippen LogP contribution is -2.03. The van der Waals surface area contributed by atoms with Gasteiger partial charge in [0, 0.05) is 18.2 Å². The van der Waals surface area contributed by atoms with Gasteiger partial charge >= 0.3 is 5.97 Å². The number of carbonyl (C=O) groups excluding carboxylic acids is 1. The Bertz CT molecular complexity index is 526. The molecule has 0 saturated carbocycles. The number of hydrogen-bond donors (Lipinski definition) is 1. The van der Waals surface area contributed by atoms with Crippen molar-refractivity contribution in [2.45, 2.75) is 13.3 Å². The van der Waals surface area contributed by atoms with E-state index < -0.39 is 5.97 Å². The van der Waals surface area contributed by atoms with Crippen molar-refractivity contribution in [1.29, 1.82) is 0 Å². The third-order valence-electron chi connectivity index (χ3n) is 2.10. The molecule has 0 unspecified atom stereocenters. The van der Waals surface area contributed by atoms with Gasteiger partial charge in [-0.3, -0.25) is 4.79 Å². The first-order valence-electron chi connectivity index (χ1n) is 4.84. The lowest BCUT2D eigenvalue weighted by molar-refractivity contribution is 0.0687. The molecule has 0 bridgehead atoms. The van der Waals surface area contributed by atoms with E-state index in [4.69, 9.17) is 5.11 Å². The van der Waals surface area contributed by atoms with Crippen LogP contribution in [0.1, 0.15) is 37.0 Å². The van der Waals surface area contributed by atoms with Crippen LogP contribution in [0.2, 0.25) is 0 Å². The van der Waals surface area contributed by atoms with Crippen LogP contribution in [0.15, 0.2) is 17.5 Å². The molecule has 88 valence electrons. The minimum Gasteiger partial charge on any atom is -0.476 e. The number of carboxylic acids is 1. The zero-order valence-corrected chi connectivity index (χ0v) is 10.6.